The van der Waals surface area contributed by atoms with Crippen molar-refractivity contribution in [2.24, 2.45) is 29.6 Å². The summed E-state index contributed by atoms with van der Waals surface area (Å²) < 4.78 is 60.0. The van der Waals surface area contributed by atoms with Crippen molar-refractivity contribution in [1.82, 2.24) is 4.90 Å². The molecule has 2 aromatic carbocycles. The number of alkyl halides is 1. The minimum Gasteiger partial charge on any atom is -0.543 e. The molecule has 3 aliphatic heterocycles. The lowest BCUT2D eigenvalue weighted by Gasteiger charge is -2.47. The van der Waals surface area contributed by atoms with Crippen LogP contribution in [-0.2, 0) is 42.9 Å². The molecule has 1 aliphatic carbocycles. The molecule has 4 aliphatic rings. The molecule has 3 fully saturated rings. The maximum Gasteiger partial charge on any atom is 0.329 e. The molecule has 1 amide bonds. The van der Waals surface area contributed by atoms with Crippen LogP contribution in [0.3, 0.4) is 0 Å². The summed E-state index contributed by atoms with van der Waals surface area (Å²) in [6.45, 7) is 21.5. The van der Waals surface area contributed by atoms with Crippen LogP contribution in [0.15, 0.2) is 59.7 Å². The SMILES string of the molecule is CCC1C=C(C)C(F)C(C)CC(OC)C2OC(O)(C(=O)C(=O)N3CCCCC3C(=O)OC(C(C)=CC3CCC(Oc4ccc5cc(O[Si](C)(C)C(C)(C)C)ccc5c4)C(OC)C3)C(C)C(O)CC1=O)C(C)CC2OC. The highest BCUT2D eigenvalue weighted by atomic mass is 28.4. The zero-order valence-corrected chi connectivity index (χ0v) is 48.2. The quantitative estimate of drug-likeness (QED) is 0.0996. The molecule has 1 saturated carbocycles. The predicted molar refractivity (Wildman–Crippen MR) is 289 cm³/mol. The van der Waals surface area contributed by atoms with Gasteiger partial charge in [0.2, 0.25) is 14.1 Å². The van der Waals surface area contributed by atoms with E-state index in [1.807, 2.05) is 44.2 Å². The first-order valence-electron chi connectivity index (χ1n) is 27.4. The number of benzene rings is 2. The van der Waals surface area contributed by atoms with E-state index in [1.165, 1.54) is 14.2 Å². The molecule has 2 saturated heterocycles. The Kier molecular flexibility index (Phi) is 20.2. The Morgan fingerprint density at radius 3 is 2.13 bits per heavy atom. The largest absolute Gasteiger partial charge is 0.543 e. The number of amides is 1. The summed E-state index contributed by atoms with van der Waals surface area (Å²) >= 11 is 0. The first-order chi connectivity index (χ1) is 35.3. The third-order valence-corrected chi connectivity index (χ3v) is 21.7. The fraction of sp³-hybridized carbons (Fsp3) is 0.695. The standard InChI is InChI=1S/C59H88FNO13Si/c1-15-40-27-34(2)52(60)35(3)28-50(69-11)54-51(70-12)29-37(5)59(67,73-54)55(64)56(65)61-25-17-16-18-45(61)57(66)72-53(38(6)46(62)33-47(40)63)36(4)26-39-19-24-48(49(30-39)68-10)71-43-22-20-42-32-44(23-21-41(42)31-43)74-75(13,14)58(7,8)9/h20-23,26-27,31-32,35,37-40,45-46,48-54,62,67H,15-19,24-25,28-30,33H2,1-14H3. The number of aliphatic hydroxyl groups is 2. The molecule has 2 aromatic rings. The first-order valence-corrected chi connectivity index (χ1v) is 30.3. The summed E-state index contributed by atoms with van der Waals surface area (Å²) in [4.78, 5) is 58.8. The second-order valence-corrected chi connectivity index (χ2v) is 28.5. The summed E-state index contributed by atoms with van der Waals surface area (Å²) in [5.74, 6) is -7.58. The van der Waals surface area contributed by atoms with E-state index in [2.05, 4.69) is 46.0 Å². The lowest BCUT2D eigenvalue weighted by molar-refractivity contribution is -0.302. The lowest BCUT2D eigenvalue weighted by atomic mass is 9.81. The number of hydrogen-bond donors (Lipinski definition) is 2. The molecule has 15 unspecified atom stereocenters. The summed E-state index contributed by atoms with van der Waals surface area (Å²) in [7, 11) is 2.54. The van der Waals surface area contributed by atoms with E-state index in [0.29, 0.717) is 49.7 Å². The van der Waals surface area contributed by atoms with Crippen LogP contribution < -0.4 is 9.16 Å². The molecule has 3 heterocycles. The van der Waals surface area contributed by atoms with Gasteiger partial charge in [-0.05, 0) is 148 Å². The number of Topliss-reactive ketones (excluding diaryl/α,β-unsaturated/α-hetero) is 2. The Morgan fingerprint density at radius 2 is 1.51 bits per heavy atom. The van der Waals surface area contributed by atoms with Crippen LogP contribution in [0.4, 0.5) is 4.39 Å². The van der Waals surface area contributed by atoms with Crippen molar-refractivity contribution in [2.75, 3.05) is 27.9 Å². The highest BCUT2D eigenvalue weighted by molar-refractivity contribution is 6.74. The number of aliphatic hydroxyl groups excluding tert-OH is 1. The molecule has 16 heteroatoms. The van der Waals surface area contributed by atoms with Crippen LogP contribution >= 0.6 is 0 Å². The molecule has 2 bridgehead atoms. The molecule has 14 nitrogen and oxygen atoms in total. The van der Waals surface area contributed by atoms with Gasteiger partial charge in [0, 0.05) is 52.0 Å². The number of esters is 1. The third-order valence-electron chi connectivity index (χ3n) is 17.3. The van der Waals surface area contributed by atoms with Gasteiger partial charge in [-0.25, -0.2) is 9.18 Å². The fourth-order valence-electron chi connectivity index (χ4n) is 11.4. The smallest absolute Gasteiger partial charge is 0.329 e. The Hall–Kier alpha value is -4.03. The number of nitrogens with zero attached hydrogens (tertiary/aromatic N) is 1. The van der Waals surface area contributed by atoms with Crippen LogP contribution in [0.5, 0.6) is 11.5 Å². The Balaban J connectivity index is 1.27. The Labute approximate surface area is 446 Å². The van der Waals surface area contributed by atoms with Gasteiger partial charge in [0.05, 0.1) is 24.4 Å². The number of hydrogen-bond acceptors (Lipinski definition) is 13. The minimum absolute atomic E-state index is 0.0438. The van der Waals surface area contributed by atoms with Crippen LogP contribution in [0.1, 0.15) is 127 Å². The van der Waals surface area contributed by atoms with Crippen molar-refractivity contribution < 1.29 is 66.6 Å². The van der Waals surface area contributed by atoms with Gasteiger partial charge in [-0.15, -0.1) is 0 Å². The number of fused-ring (bicyclic) bond motifs is 4. The second-order valence-electron chi connectivity index (χ2n) is 23.7. The third kappa shape index (κ3) is 13.8. The Morgan fingerprint density at radius 1 is 0.880 bits per heavy atom. The molecule has 6 rings (SSSR count). The summed E-state index contributed by atoms with van der Waals surface area (Å²) in [5.41, 5.74) is 0.971. The lowest BCUT2D eigenvalue weighted by Crippen LogP contribution is -2.64. The van der Waals surface area contributed by atoms with Gasteiger partial charge in [-0.1, -0.05) is 72.8 Å². The van der Waals surface area contributed by atoms with Crippen LogP contribution in [0.25, 0.3) is 10.8 Å². The zero-order chi connectivity index (χ0) is 55.3. The number of halogens is 1. The average Bonchev–Trinajstić information content (AvgIpc) is 3.37. The number of rotatable bonds is 10. The topological polar surface area (TPSA) is 177 Å². The van der Waals surface area contributed by atoms with Gasteiger partial charge < -0.3 is 48.0 Å². The molecular formula is C59H88FNO13Si. The number of cyclic esters (lactones) is 1. The number of carbonyl (C=O) groups is 4. The number of ether oxygens (including phenoxy) is 6. The predicted octanol–water partition coefficient (Wildman–Crippen LogP) is 10.0. The molecule has 0 aromatic heterocycles. The number of methoxy groups -OCH3 is 3. The van der Waals surface area contributed by atoms with Crippen LogP contribution in [0.2, 0.25) is 18.1 Å². The molecule has 2 N–H and O–H groups in total. The molecule has 0 spiro atoms. The van der Waals surface area contributed by atoms with Crippen LogP contribution in [0, 0.1) is 29.6 Å². The van der Waals surface area contributed by atoms with Gasteiger partial charge in [0.1, 0.15) is 47.8 Å². The van der Waals surface area contributed by atoms with Gasteiger partial charge in [-0.2, -0.15) is 0 Å². The van der Waals surface area contributed by atoms with Gasteiger partial charge in [0.25, 0.3) is 11.7 Å². The van der Waals surface area contributed by atoms with Gasteiger partial charge >= 0.3 is 5.97 Å². The highest BCUT2D eigenvalue weighted by Crippen LogP contribution is 2.41. The van der Waals surface area contributed by atoms with Crippen molar-refractivity contribution in [3.63, 3.8) is 0 Å². The van der Waals surface area contributed by atoms with Crippen molar-refractivity contribution in [1.29, 1.82) is 0 Å². The van der Waals surface area contributed by atoms with E-state index in [0.717, 1.165) is 27.2 Å². The normalized spacial score (nSPS) is 34.8. The van der Waals surface area contributed by atoms with Gasteiger partial charge in [0.15, 0.2) is 0 Å². The molecule has 15 atom stereocenters. The molecular weight excluding hydrogens is 978 g/mol. The fourth-order valence-corrected chi connectivity index (χ4v) is 12.4. The van der Waals surface area contributed by atoms with Crippen molar-refractivity contribution in [3.05, 3.63) is 59.7 Å². The molecule has 418 valence electrons. The zero-order valence-electron chi connectivity index (χ0n) is 47.2. The summed E-state index contributed by atoms with van der Waals surface area (Å²) in [5, 5.41) is 26.2. The first kappa shape index (κ1) is 60.2. The van der Waals surface area contributed by atoms with Gasteiger partial charge in [-0.3, -0.25) is 14.4 Å². The second kappa shape index (κ2) is 25.2. The van der Waals surface area contributed by atoms with E-state index in [1.54, 1.807) is 40.9 Å². The number of ketones is 2. The summed E-state index contributed by atoms with van der Waals surface area (Å²) in [6.07, 6.45) is 0.121. The van der Waals surface area contributed by atoms with E-state index >= 15 is 4.39 Å². The van der Waals surface area contributed by atoms with Crippen molar-refractivity contribution in [3.8, 4) is 11.5 Å². The highest BCUT2D eigenvalue weighted by Gasteiger charge is 2.57. The van der Waals surface area contributed by atoms with Crippen molar-refractivity contribution in [2.45, 2.75) is 205 Å². The number of allylic oxidation sites excluding steroid dienone is 3. The van der Waals surface area contributed by atoms with Crippen LogP contribution in [-0.4, -0.2) is 135 Å². The van der Waals surface area contributed by atoms with Crippen molar-refractivity contribution >= 4 is 42.5 Å². The number of carbonyl (C=O) groups excluding carboxylic acids is 4. The van der Waals surface area contributed by atoms with E-state index in [4.69, 9.17) is 32.8 Å². The maximum absolute atomic E-state index is 16.4. The van der Waals surface area contributed by atoms with E-state index < -0.39 is 98.2 Å². The monoisotopic (exact) mass is 1070 g/mol. The minimum atomic E-state index is -2.62. The summed E-state index contributed by atoms with van der Waals surface area (Å²) in [6, 6.07) is 11.0. The van der Waals surface area contributed by atoms with E-state index in [-0.39, 0.29) is 61.2 Å². The maximum atomic E-state index is 16.4. The number of piperidine rings is 1. The molecule has 0 radical (unpaired) electrons. The van der Waals surface area contributed by atoms with E-state index in [9.17, 15) is 29.4 Å². The average molecular weight is 1070 g/mol. The Bertz CT molecular complexity index is 2390. The molecule has 75 heavy (non-hydrogen) atoms.